The molecule has 1 aliphatic heterocycles. The van der Waals surface area contributed by atoms with Crippen LogP contribution in [0.5, 0.6) is 0 Å². The Morgan fingerprint density at radius 2 is 2.23 bits per heavy atom. The average Bonchev–Trinajstić information content (AvgIpc) is 3.10. The second-order valence-electron chi connectivity index (χ2n) is 5.18. The number of amides is 1. The molecule has 6 nitrogen and oxygen atoms in total. The van der Waals surface area contributed by atoms with E-state index in [1.165, 1.54) is 17.3 Å². The summed E-state index contributed by atoms with van der Waals surface area (Å²) in [7, 11) is 0. The molecule has 0 unspecified atom stereocenters. The lowest BCUT2D eigenvalue weighted by molar-refractivity contribution is -0.116. The maximum Gasteiger partial charge on any atom is 0.343 e. The van der Waals surface area contributed by atoms with Crippen LogP contribution in [0, 0.1) is 0 Å². The molecule has 1 N–H and O–H groups in total. The van der Waals surface area contributed by atoms with Crippen LogP contribution in [0.25, 0.3) is 0 Å². The van der Waals surface area contributed by atoms with Gasteiger partial charge in [0, 0.05) is 18.8 Å². The zero-order valence-corrected chi connectivity index (χ0v) is 13.2. The number of rotatable bonds is 5. The van der Waals surface area contributed by atoms with Gasteiger partial charge >= 0.3 is 5.69 Å². The number of benzene rings is 1. The maximum atomic E-state index is 12.4. The molecular weight excluding hydrogens is 300 g/mol. The molecule has 1 amide bonds. The molecule has 116 valence electrons. The standard InChI is InChI=1S/C15H18N4O2S/c1-2-8-19-14(21)16-17-15(19)22-10-13(20)18-9-7-11-5-3-4-6-12(11)18/h3-6H,2,7-10H2,1H3,(H,16,21). The molecule has 3 rings (SSSR count). The molecule has 1 aliphatic rings. The van der Waals surface area contributed by atoms with E-state index >= 15 is 0 Å². The Morgan fingerprint density at radius 1 is 1.41 bits per heavy atom. The predicted octanol–water partition coefficient (Wildman–Crippen LogP) is 1.66. The SMILES string of the molecule is CCCn1c(SCC(=O)N2CCc3ccccc32)n[nH]c1=O. The van der Waals surface area contributed by atoms with Crippen molar-refractivity contribution in [3.63, 3.8) is 0 Å². The summed E-state index contributed by atoms with van der Waals surface area (Å²) in [5, 5.41) is 7.01. The fraction of sp³-hybridized carbons (Fsp3) is 0.400. The summed E-state index contributed by atoms with van der Waals surface area (Å²) in [5.74, 6) is 0.330. The second kappa shape index (κ2) is 6.39. The minimum absolute atomic E-state index is 0.0495. The summed E-state index contributed by atoms with van der Waals surface area (Å²) in [4.78, 5) is 25.9. The Kier molecular flexibility index (Phi) is 4.33. The molecule has 0 radical (unpaired) electrons. The van der Waals surface area contributed by atoms with E-state index in [0.29, 0.717) is 11.7 Å². The lowest BCUT2D eigenvalue weighted by atomic mass is 10.2. The Bertz CT molecular complexity index is 737. The largest absolute Gasteiger partial charge is 0.343 e. The lowest BCUT2D eigenvalue weighted by Crippen LogP contribution is -2.30. The summed E-state index contributed by atoms with van der Waals surface area (Å²) in [6.07, 6.45) is 1.75. The average molecular weight is 318 g/mol. The van der Waals surface area contributed by atoms with E-state index in [4.69, 9.17) is 0 Å². The van der Waals surface area contributed by atoms with Gasteiger partial charge in [-0.3, -0.25) is 9.36 Å². The summed E-state index contributed by atoms with van der Waals surface area (Å²) in [6.45, 7) is 3.33. The number of anilines is 1. The van der Waals surface area contributed by atoms with Crippen LogP contribution in [0.2, 0.25) is 0 Å². The molecule has 7 heteroatoms. The van der Waals surface area contributed by atoms with Gasteiger partial charge in [-0.25, -0.2) is 9.89 Å². The smallest absolute Gasteiger partial charge is 0.311 e. The Labute approximate surface area is 132 Å². The first kappa shape index (κ1) is 14.9. The lowest BCUT2D eigenvalue weighted by Gasteiger charge is -2.16. The van der Waals surface area contributed by atoms with Crippen molar-refractivity contribution in [3.8, 4) is 0 Å². The fourth-order valence-electron chi connectivity index (χ4n) is 2.64. The van der Waals surface area contributed by atoms with Crippen molar-refractivity contribution in [2.45, 2.75) is 31.5 Å². The minimum Gasteiger partial charge on any atom is -0.311 e. The van der Waals surface area contributed by atoms with Gasteiger partial charge in [-0.1, -0.05) is 36.9 Å². The van der Waals surface area contributed by atoms with Gasteiger partial charge in [-0.05, 0) is 24.5 Å². The maximum absolute atomic E-state index is 12.4. The molecule has 0 saturated heterocycles. The molecule has 0 spiro atoms. The first-order chi connectivity index (χ1) is 10.7. The molecule has 0 bridgehead atoms. The number of para-hydroxylation sites is 1. The van der Waals surface area contributed by atoms with E-state index < -0.39 is 0 Å². The number of thioether (sulfide) groups is 1. The first-order valence-corrected chi connectivity index (χ1v) is 8.35. The summed E-state index contributed by atoms with van der Waals surface area (Å²) < 4.78 is 1.58. The second-order valence-corrected chi connectivity index (χ2v) is 6.12. The zero-order valence-electron chi connectivity index (χ0n) is 12.4. The van der Waals surface area contributed by atoms with Gasteiger partial charge in [0.2, 0.25) is 5.91 Å². The number of carbonyl (C=O) groups is 1. The number of nitrogens with zero attached hydrogens (tertiary/aromatic N) is 3. The van der Waals surface area contributed by atoms with Crippen LogP contribution in [0.1, 0.15) is 18.9 Å². The Hall–Kier alpha value is -2.02. The molecule has 22 heavy (non-hydrogen) atoms. The highest BCUT2D eigenvalue weighted by Crippen LogP contribution is 2.28. The molecule has 1 aromatic carbocycles. The van der Waals surface area contributed by atoms with Crippen molar-refractivity contribution in [2.24, 2.45) is 0 Å². The van der Waals surface area contributed by atoms with Gasteiger partial charge in [0.15, 0.2) is 5.16 Å². The molecule has 0 fully saturated rings. The molecule has 0 saturated carbocycles. The summed E-state index contributed by atoms with van der Waals surface area (Å²) in [6, 6.07) is 7.98. The summed E-state index contributed by atoms with van der Waals surface area (Å²) in [5.41, 5.74) is 1.99. The molecular formula is C15H18N4O2S. The van der Waals surface area contributed by atoms with E-state index in [1.54, 1.807) is 4.57 Å². The molecule has 1 aromatic heterocycles. The predicted molar refractivity (Wildman–Crippen MR) is 86.4 cm³/mol. The minimum atomic E-state index is -0.219. The number of H-pyrrole nitrogens is 1. The van der Waals surface area contributed by atoms with Crippen molar-refractivity contribution in [2.75, 3.05) is 17.2 Å². The van der Waals surface area contributed by atoms with Gasteiger partial charge in [-0.15, -0.1) is 5.10 Å². The zero-order chi connectivity index (χ0) is 15.5. The van der Waals surface area contributed by atoms with Crippen molar-refractivity contribution in [1.29, 1.82) is 0 Å². The quantitative estimate of drug-likeness (QED) is 0.851. The first-order valence-electron chi connectivity index (χ1n) is 7.37. The van der Waals surface area contributed by atoms with Crippen LogP contribution in [-0.2, 0) is 17.8 Å². The van der Waals surface area contributed by atoms with Crippen LogP contribution in [0.3, 0.4) is 0 Å². The molecule has 0 atom stereocenters. The van der Waals surface area contributed by atoms with Crippen molar-refractivity contribution in [3.05, 3.63) is 40.3 Å². The fourth-order valence-corrected chi connectivity index (χ4v) is 3.48. The Morgan fingerprint density at radius 3 is 3.05 bits per heavy atom. The van der Waals surface area contributed by atoms with E-state index in [1.807, 2.05) is 30.0 Å². The third-order valence-electron chi connectivity index (χ3n) is 3.68. The van der Waals surface area contributed by atoms with Gasteiger partial charge in [0.25, 0.3) is 0 Å². The number of nitrogens with one attached hydrogen (secondary N) is 1. The summed E-state index contributed by atoms with van der Waals surface area (Å²) >= 11 is 1.31. The van der Waals surface area contributed by atoms with Crippen LogP contribution >= 0.6 is 11.8 Å². The number of hydrogen-bond acceptors (Lipinski definition) is 4. The number of carbonyl (C=O) groups excluding carboxylic acids is 1. The van der Waals surface area contributed by atoms with Crippen molar-refractivity contribution < 1.29 is 4.79 Å². The van der Waals surface area contributed by atoms with E-state index in [2.05, 4.69) is 16.3 Å². The normalized spacial score (nSPS) is 13.4. The number of hydrogen-bond donors (Lipinski definition) is 1. The third-order valence-corrected chi connectivity index (χ3v) is 4.64. The number of aromatic nitrogens is 3. The third kappa shape index (κ3) is 2.81. The van der Waals surface area contributed by atoms with Crippen LogP contribution in [0.15, 0.2) is 34.2 Å². The van der Waals surface area contributed by atoms with Crippen LogP contribution in [0.4, 0.5) is 5.69 Å². The van der Waals surface area contributed by atoms with E-state index in [-0.39, 0.29) is 17.3 Å². The Balaban J connectivity index is 1.68. The highest BCUT2D eigenvalue weighted by atomic mass is 32.2. The topological polar surface area (TPSA) is 71.0 Å². The van der Waals surface area contributed by atoms with Crippen LogP contribution < -0.4 is 10.6 Å². The van der Waals surface area contributed by atoms with Crippen molar-refractivity contribution in [1.82, 2.24) is 14.8 Å². The van der Waals surface area contributed by atoms with Gasteiger partial charge in [-0.2, -0.15) is 0 Å². The van der Waals surface area contributed by atoms with Crippen LogP contribution in [-0.4, -0.2) is 33.0 Å². The van der Waals surface area contributed by atoms with E-state index in [9.17, 15) is 9.59 Å². The monoisotopic (exact) mass is 318 g/mol. The van der Waals surface area contributed by atoms with Crippen molar-refractivity contribution >= 4 is 23.4 Å². The number of aromatic amines is 1. The van der Waals surface area contributed by atoms with Gasteiger partial charge in [0.1, 0.15) is 0 Å². The highest BCUT2D eigenvalue weighted by Gasteiger charge is 2.24. The van der Waals surface area contributed by atoms with Gasteiger partial charge < -0.3 is 4.90 Å². The molecule has 2 heterocycles. The number of fused-ring (bicyclic) bond motifs is 1. The highest BCUT2D eigenvalue weighted by molar-refractivity contribution is 7.99. The molecule has 0 aliphatic carbocycles. The molecule has 2 aromatic rings. The van der Waals surface area contributed by atoms with E-state index in [0.717, 1.165) is 25.1 Å². The van der Waals surface area contributed by atoms with Gasteiger partial charge in [0.05, 0.1) is 5.75 Å².